The summed E-state index contributed by atoms with van der Waals surface area (Å²) in [6, 6.07) is 7.69. The Kier molecular flexibility index (Phi) is 5.56. The summed E-state index contributed by atoms with van der Waals surface area (Å²) in [7, 11) is -3.67. The molecular formula is C14H24N2O3S. The van der Waals surface area contributed by atoms with Crippen LogP contribution in [0, 0.1) is 5.92 Å². The Bertz CT molecular complexity index is 522. The quantitative estimate of drug-likeness (QED) is 0.805. The number of hydrogen-bond donors (Lipinski definition) is 2. The van der Waals surface area contributed by atoms with Gasteiger partial charge in [-0.2, -0.15) is 8.42 Å². The number of hydrogen-bond acceptors (Lipinski definition) is 3. The fourth-order valence-corrected chi connectivity index (χ4v) is 2.21. The van der Waals surface area contributed by atoms with Gasteiger partial charge in [-0.05, 0) is 23.6 Å². The fraction of sp³-hybridized carbons (Fsp3) is 0.571. The van der Waals surface area contributed by atoms with E-state index in [1.54, 1.807) is 0 Å². The van der Waals surface area contributed by atoms with Crippen molar-refractivity contribution in [3.8, 4) is 5.75 Å². The molecule has 114 valence electrons. The number of benzene rings is 1. The van der Waals surface area contributed by atoms with Gasteiger partial charge in [0.15, 0.2) is 0 Å². The Balaban J connectivity index is 2.71. The first-order valence-corrected chi connectivity index (χ1v) is 8.15. The van der Waals surface area contributed by atoms with Crippen LogP contribution in [0.3, 0.4) is 0 Å². The van der Waals surface area contributed by atoms with Crippen LogP contribution in [0.25, 0.3) is 0 Å². The van der Waals surface area contributed by atoms with Crippen LogP contribution in [0.15, 0.2) is 24.3 Å². The molecule has 0 aliphatic carbocycles. The second-order valence-electron chi connectivity index (χ2n) is 5.98. The molecule has 1 rings (SSSR count). The van der Waals surface area contributed by atoms with Gasteiger partial charge in [0.2, 0.25) is 0 Å². The molecule has 0 spiro atoms. The van der Waals surface area contributed by atoms with E-state index in [1.165, 1.54) is 0 Å². The lowest BCUT2D eigenvalue weighted by atomic mass is 9.85. The van der Waals surface area contributed by atoms with E-state index in [0.717, 1.165) is 11.3 Å². The molecule has 5 nitrogen and oxygen atoms in total. The first-order valence-electron chi connectivity index (χ1n) is 6.61. The smallest absolute Gasteiger partial charge is 0.274 e. The third-order valence-electron chi connectivity index (χ3n) is 2.93. The van der Waals surface area contributed by atoms with Crippen molar-refractivity contribution < 1.29 is 13.2 Å². The summed E-state index contributed by atoms with van der Waals surface area (Å²) in [6.07, 6.45) is 0. The Morgan fingerprint density at radius 1 is 1.25 bits per heavy atom. The van der Waals surface area contributed by atoms with E-state index in [2.05, 4.69) is 18.6 Å². The second-order valence-corrected chi connectivity index (χ2v) is 7.36. The average Bonchev–Trinajstić information content (AvgIpc) is 2.34. The predicted octanol–water partition coefficient (Wildman–Crippen LogP) is 1.79. The van der Waals surface area contributed by atoms with Crippen molar-refractivity contribution in [2.45, 2.75) is 33.1 Å². The van der Waals surface area contributed by atoms with Crippen molar-refractivity contribution >= 4 is 10.2 Å². The van der Waals surface area contributed by atoms with Crippen LogP contribution in [0.1, 0.15) is 33.3 Å². The molecule has 0 aromatic heterocycles. The first kappa shape index (κ1) is 16.9. The van der Waals surface area contributed by atoms with E-state index in [4.69, 9.17) is 9.88 Å². The molecule has 0 unspecified atom stereocenters. The summed E-state index contributed by atoms with van der Waals surface area (Å²) in [6.45, 7) is 9.02. The number of nitrogens with one attached hydrogen (secondary N) is 1. The van der Waals surface area contributed by atoms with Gasteiger partial charge < -0.3 is 4.74 Å². The van der Waals surface area contributed by atoms with Crippen LogP contribution in [0.5, 0.6) is 5.75 Å². The topological polar surface area (TPSA) is 81.4 Å². The SMILES string of the molecule is CC(C)COc1ccc(C(C)(C)CNS(N)(=O)=O)cc1. The van der Waals surface area contributed by atoms with Crippen LogP contribution in [0.4, 0.5) is 0 Å². The standard InChI is InChI=1S/C14H24N2O3S/c1-11(2)9-19-13-7-5-12(6-8-13)14(3,4)10-16-20(15,17)18/h5-8,11,16H,9-10H2,1-4H3,(H2,15,17,18). The highest BCUT2D eigenvalue weighted by atomic mass is 32.2. The predicted molar refractivity (Wildman–Crippen MR) is 80.9 cm³/mol. The third-order valence-corrected chi connectivity index (χ3v) is 3.48. The monoisotopic (exact) mass is 300 g/mol. The molecule has 0 bridgehead atoms. The van der Waals surface area contributed by atoms with E-state index in [9.17, 15) is 8.42 Å². The lowest BCUT2D eigenvalue weighted by Crippen LogP contribution is -2.40. The van der Waals surface area contributed by atoms with Gasteiger partial charge in [-0.1, -0.05) is 39.8 Å². The van der Waals surface area contributed by atoms with Crippen LogP contribution < -0.4 is 14.6 Å². The summed E-state index contributed by atoms with van der Waals surface area (Å²) in [5.41, 5.74) is 0.675. The minimum absolute atomic E-state index is 0.248. The Hall–Kier alpha value is -1.11. The maximum absolute atomic E-state index is 11.0. The third kappa shape index (κ3) is 5.90. The van der Waals surface area contributed by atoms with Gasteiger partial charge >= 0.3 is 0 Å². The lowest BCUT2D eigenvalue weighted by Gasteiger charge is -2.25. The van der Waals surface area contributed by atoms with Gasteiger partial charge in [-0.15, -0.1) is 0 Å². The Morgan fingerprint density at radius 2 is 1.80 bits per heavy atom. The maximum Gasteiger partial charge on any atom is 0.274 e. The van der Waals surface area contributed by atoms with E-state index in [0.29, 0.717) is 12.5 Å². The van der Waals surface area contributed by atoms with Crippen LogP contribution >= 0.6 is 0 Å². The van der Waals surface area contributed by atoms with Gasteiger partial charge in [-0.3, -0.25) is 0 Å². The molecule has 3 N–H and O–H groups in total. The molecular weight excluding hydrogens is 276 g/mol. The summed E-state index contributed by atoms with van der Waals surface area (Å²) in [4.78, 5) is 0. The van der Waals surface area contributed by atoms with E-state index in [1.807, 2.05) is 38.1 Å². The lowest BCUT2D eigenvalue weighted by molar-refractivity contribution is 0.271. The highest BCUT2D eigenvalue weighted by molar-refractivity contribution is 7.87. The molecule has 6 heteroatoms. The summed E-state index contributed by atoms with van der Waals surface area (Å²) < 4.78 is 29.9. The number of nitrogens with two attached hydrogens (primary N) is 1. The van der Waals surface area contributed by atoms with E-state index < -0.39 is 10.2 Å². The highest BCUT2D eigenvalue weighted by Gasteiger charge is 2.22. The minimum Gasteiger partial charge on any atom is -0.493 e. The van der Waals surface area contributed by atoms with Crippen molar-refractivity contribution in [2.75, 3.05) is 13.2 Å². The van der Waals surface area contributed by atoms with Crippen LogP contribution in [-0.4, -0.2) is 21.6 Å². The molecule has 0 saturated heterocycles. The molecule has 0 atom stereocenters. The van der Waals surface area contributed by atoms with Gasteiger partial charge in [-0.25, -0.2) is 9.86 Å². The first-order chi connectivity index (χ1) is 9.10. The van der Waals surface area contributed by atoms with Gasteiger partial charge in [0.25, 0.3) is 10.2 Å². The summed E-state index contributed by atoms with van der Waals surface area (Å²) in [5, 5.41) is 4.95. The largest absolute Gasteiger partial charge is 0.493 e. The fourth-order valence-electron chi connectivity index (χ4n) is 1.65. The second kappa shape index (κ2) is 6.56. The van der Waals surface area contributed by atoms with Gasteiger partial charge in [0, 0.05) is 12.0 Å². The van der Waals surface area contributed by atoms with E-state index in [-0.39, 0.29) is 12.0 Å². The highest BCUT2D eigenvalue weighted by Crippen LogP contribution is 2.24. The summed E-state index contributed by atoms with van der Waals surface area (Å²) in [5.74, 6) is 1.29. The molecule has 0 aliphatic rings. The zero-order valence-electron chi connectivity index (χ0n) is 12.5. The molecule has 1 aromatic rings. The zero-order valence-corrected chi connectivity index (χ0v) is 13.3. The van der Waals surface area contributed by atoms with Gasteiger partial charge in [0.05, 0.1) is 6.61 Å². The van der Waals surface area contributed by atoms with Crippen molar-refractivity contribution in [2.24, 2.45) is 11.1 Å². The average molecular weight is 300 g/mol. The molecule has 0 saturated carbocycles. The summed E-state index contributed by atoms with van der Waals surface area (Å²) >= 11 is 0. The van der Waals surface area contributed by atoms with Gasteiger partial charge in [0.1, 0.15) is 5.75 Å². The molecule has 0 amide bonds. The van der Waals surface area contributed by atoms with E-state index >= 15 is 0 Å². The van der Waals surface area contributed by atoms with Crippen molar-refractivity contribution in [3.05, 3.63) is 29.8 Å². The molecule has 0 fully saturated rings. The molecule has 0 radical (unpaired) electrons. The zero-order chi connectivity index (χ0) is 15.4. The normalized spacial score (nSPS) is 12.7. The molecule has 0 heterocycles. The number of rotatable bonds is 7. The van der Waals surface area contributed by atoms with Crippen LogP contribution in [-0.2, 0) is 15.6 Å². The maximum atomic E-state index is 11.0. The van der Waals surface area contributed by atoms with Crippen LogP contribution in [0.2, 0.25) is 0 Å². The molecule has 1 aromatic carbocycles. The minimum atomic E-state index is -3.67. The van der Waals surface area contributed by atoms with Crippen molar-refractivity contribution in [1.29, 1.82) is 0 Å². The Labute approximate surface area is 121 Å². The van der Waals surface area contributed by atoms with Crippen molar-refractivity contribution in [1.82, 2.24) is 4.72 Å². The molecule has 0 aliphatic heterocycles. The van der Waals surface area contributed by atoms with Crippen molar-refractivity contribution in [3.63, 3.8) is 0 Å². The number of ether oxygens (including phenoxy) is 1. The Morgan fingerprint density at radius 3 is 2.25 bits per heavy atom. The molecule has 20 heavy (non-hydrogen) atoms.